The maximum atomic E-state index is 11.0. The summed E-state index contributed by atoms with van der Waals surface area (Å²) in [4.78, 5) is 0. The molecule has 7 nitrogen and oxygen atoms in total. The lowest BCUT2D eigenvalue weighted by molar-refractivity contribution is 0.466. The summed E-state index contributed by atoms with van der Waals surface area (Å²) in [5, 5.41) is 0. The molecule has 0 aromatic heterocycles. The molecule has 17 heavy (non-hydrogen) atoms. The van der Waals surface area contributed by atoms with Crippen molar-refractivity contribution in [2.24, 2.45) is 0 Å². The molecule has 96 valence electrons. The Bertz CT molecular complexity index is 602. The molecule has 0 radical (unpaired) electrons. The van der Waals surface area contributed by atoms with Gasteiger partial charge < -0.3 is 0 Å². The van der Waals surface area contributed by atoms with Gasteiger partial charge >= 0.3 is 20.6 Å². The molecule has 0 spiro atoms. The third-order valence-electron chi connectivity index (χ3n) is 2.19. The van der Waals surface area contributed by atoms with E-state index < -0.39 is 24.3 Å². The van der Waals surface area contributed by atoms with Gasteiger partial charge in [-0.15, -0.1) is 3.71 Å². The first-order valence-electron chi connectivity index (χ1n) is 4.36. The van der Waals surface area contributed by atoms with Crippen LogP contribution in [0.4, 0.5) is 5.69 Å². The predicted octanol–water partition coefficient (Wildman–Crippen LogP) is 0.715. The second-order valence-corrected chi connectivity index (χ2v) is 6.12. The molecular formula is C8H11NO6S2. The molecule has 9 heteroatoms. The van der Waals surface area contributed by atoms with Crippen LogP contribution in [0.15, 0.2) is 18.2 Å². The van der Waals surface area contributed by atoms with Crippen LogP contribution in [-0.4, -0.2) is 25.9 Å². The molecule has 0 bridgehead atoms. The Labute approximate surface area is 99.4 Å². The molecule has 1 aromatic carbocycles. The SMILES string of the molecule is Cc1cccc(N(S(=O)(=O)O)S(=O)(=O)O)c1C. The monoisotopic (exact) mass is 281 g/mol. The first-order chi connectivity index (χ1) is 7.55. The lowest BCUT2D eigenvalue weighted by Gasteiger charge is -2.19. The van der Waals surface area contributed by atoms with Crippen molar-refractivity contribution in [1.29, 1.82) is 0 Å². The van der Waals surface area contributed by atoms with Crippen molar-refractivity contribution < 1.29 is 25.9 Å². The van der Waals surface area contributed by atoms with Gasteiger partial charge in [0.1, 0.15) is 0 Å². The van der Waals surface area contributed by atoms with Gasteiger partial charge in [0, 0.05) is 0 Å². The Kier molecular flexibility index (Phi) is 3.48. The zero-order valence-electron chi connectivity index (χ0n) is 9.02. The van der Waals surface area contributed by atoms with E-state index in [1.54, 1.807) is 13.0 Å². The van der Waals surface area contributed by atoms with Gasteiger partial charge in [-0.25, -0.2) is 0 Å². The van der Waals surface area contributed by atoms with Gasteiger partial charge in [-0.3, -0.25) is 9.11 Å². The Hall–Kier alpha value is -1.16. The molecular weight excluding hydrogens is 270 g/mol. The smallest absolute Gasteiger partial charge is 0.268 e. The van der Waals surface area contributed by atoms with E-state index >= 15 is 0 Å². The van der Waals surface area contributed by atoms with E-state index in [0.29, 0.717) is 11.1 Å². The molecule has 0 heterocycles. The van der Waals surface area contributed by atoms with E-state index in [-0.39, 0.29) is 5.69 Å². The van der Waals surface area contributed by atoms with Crippen LogP contribution >= 0.6 is 0 Å². The van der Waals surface area contributed by atoms with Crippen molar-refractivity contribution in [1.82, 2.24) is 0 Å². The first-order valence-corrected chi connectivity index (χ1v) is 7.16. The summed E-state index contributed by atoms with van der Waals surface area (Å²) >= 11 is 0. The van der Waals surface area contributed by atoms with Gasteiger partial charge in [0.2, 0.25) is 0 Å². The molecule has 0 aliphatic heterocycles. The zero-order valence-corrected chi connectivity index (χ0v) is 10.7. The minimum atomic E-state index is -5.12. The van der Waals surface area contributed by atoms with Crippen LogP contribution in [0.3, 0.4) is 0 Å². The number of anilines is 1. The zero-order chi connectivity index (χ0) is 13.4. The van der Waals surface area contributed by atoms with Gasteiger partial charge in [-0.05, 0) is 31.0 Å². The normalized spacial score (nSPS) is 12.5. The van der Waals surface area contributed by atoms with Gasteiger partial charge in [-0.1, -0.05) is 12.1 Å². The van der Waals surface area contributed by atoms with Gasteiger partial charge in [0.25, 0.3) is 0 Å². The number of benzene rings is 1. The van der Waals surface area contributed by atoms with Gasteiger partial charge in [0.05, 0.1) is 5.69 Å². The highest BCUT2D eigenvalue weighted by Gasteiger charge is 2.32. The standard InChI is InChI=1S/C8H11NO6S2/c1-6-4-3-5-8(7(6)2)9(16(10,11)12)17(13,14)15/h3-5H,1-2H3,(H,10,11,12)(H,13,14,15). The maximum absolute atomic E-state index is 11.0. The van der Waals surface area contributed by atoms with E-state index in [4.69, 9.17) is 9.11 Å². The number of rotatable bonds is 3. The summed E-state index contributed by atoms with van der Waals surface area (Å²) in [6, 6.07) is 4.19. The third-order valence-corrected chi connectivity index (χ3v) is 4.55. The molecule has 0 saturated carbocycles. The summed E-state index contributed by atoms with van der Waals surface area (Å²) in [5.74, 6) is 0. The van der Waals surface area contributed by atoms with Gasteiger partial charge in [0.15, 0.2) is 0 Å². The van der Waals surface area contributed by atoms with Crippen molar-refractivity contribution in [3.05, 3.63) is 29.3 Å². The second kappa shape index (κ2) is 4.26. The van der Waals surface area contributed by atoms with Crippen molar-refractivity contribution >= 4 is 26.3 Å². The van der Waals surface area contributed by atoms with Crippen LogP contribution in [0.2, 0.25) is 0 Å². The number of hydrogen-bond acceptors (Lipinski definition) is 4. The molecule has 1 aromatic rings. The molecule has 2 N–H and O–H groups in total. The Morgan fingerprint density at radius 2 is 1.47 bits per heavy atom. The van der Waals surface area contributed by atoms with Crippen LogP contribution in [-0.2, 0) is 20.6 Å². The van der Waals surface area contributed by atoms with E-state index in [1.165, 1.54) is 13.0 Å². The fraction of sp³-hybridized carbons (Fsp3) is 0.250. The Balaban J connectivity index is 3.62. The summed E-state index contributed by atoms with van der Waals surface area (Å²) in [5.41, 5.74) is 0.595. The second-order valence-electron chi connectivity index (χ2n) is 3.37. The molecule has 0 fully saturated rings. The molecule has 0 aliphatic carbocycles. The van der Waals surface area contributed by atoms with Gasteiger partial charge in [-0.2, -0.15) is 16.8 Å². The third kappa shape index (κ3) is 2.94. The Morgan fingerprint density at radius 3 is 1.88 bits per heavy atom. The van der Waals surface area contributed by atoms with Crippen LogP contribution < -0.4 is 3.71 Å². The minimum Gasteiger partial charge on any atom is -0.268 e. The molecule has 0 aliphatic rings. The quantitative estimate of drug-likeness (QED) is 0.789. The highest BCUT2D eigenvalue weighted by Crippen LogP contribution is 2.26. The maximum Gasteiger partial charge on any atom is 0.375 e. The molecule has 0 amide bonds. The lowest BCUT2D eigenvalue weighted by atomic mass is 10.1. The van der Waals surface area contributed by atoms with Crippen LogP contribution in [0.5, 0.6) is 0 Å². The van der Waals surface area contributed by atoms with E-state index in [0.717, 1.165) is 6.07 Å². The number of nitrogens with zero attached hydrogens (tertiary/aromatic N) is 1. The van der Waals surface area contributed by atoms with E-state index in [9.17, 15) is 16.8 Å². The summed E-state index contributed by atoms with van der Waals surface area (Å²) in [6.45, 7) is 3.10. The molecule has 0 atom stereocenters. The van der Waals surface area contributed by atoms with Crippen molar-refractivity contribution in [2.75, 3.05) is 3.71 Å². The minimum absolute atomic E-state index is 0.308. The molecule has 1 rings (SSSR count). The van der Waals surface area contributed by atoms with E-state index in [1.807, 2.05) is 0 Å². The molecule has 0 unspecified atom stereocenters. The van der Waals surface area contributed by atoms with Crippen molar-refractivity contribution in [2.45, 2.75) is 13.8 Å². The van der Waals surface area contributed by atoms with Crippen LogP contribution in [0.1, 0.15) is 11.1 Å². The fourth-order valence-electron chi connectivity index (χ4n) is 1.30. The highest BCUT2D eigenvalue weighted by molar-refractivity contribution is 8.05. The van der Waals surface area contributed by atoms with E-state index in [2.05, 4.69) is 0 Å². The average Bonchev–Trinajstić information content (AvgIpc) is 2.08. The van der Waals surface area contributed by atoms with Crippen molar-refractivity contribution in [3.63, 3.8) is 0 Å². The molecule has 0 saturated heterocycles. The topological polar surface area (TPSA) is 112 Å². The summed E-state index contributed by atoms with van der Waals surface area (Å²) in [6.07, 6.45) is 0. The predicted molar refractivity (Wildman–Crippen MR) is 61.5 cm³/mol. The first kappa shape index (κ1) is 13.9. The largest absolute Gasteiger partial charge is 0.375 e. The lowest BCUT2D eigenvalue weighted by Crippen LogP contribution is -2.36. The Morgan fingerprint density at radius 1 is 1.00 bits per heavy atom. The number of hydrogen-bond donors (Lipinski definition) is 2. The highest BCUT2D eigenvalue weighted by atomic mass is 32.3. The summed E-state index contributed by atoms with van der Waals surface area (Å²) in [7, 11) is -10.2. The van der Waals surface area contributed by atoms with Crippen molar-refractivity contribution in [3.8, 4) is 0 Å². The number of aryl methyl sites for hydroxylation is 1. The summed E-state index contributed by atoms with van der Waals surface area (Å²) < 4.78 is 61.2. The average molecular weight is 281 g/mol. The van der Waals surface area contributed by atoms with Crippen LogP contribution in [0, 0.1) is 13.8 Å². The fourth-order valence-corrected chi connectivity index (χ4v) is 3.15. The van der Waals surface area contributed by atoms with Crippen LogP contribution in [0.25, 0.3) is 0 Å².